The van der Waals surface area contributed by atoms with Crippen LogP contribution >= 0.6 is 0 Å². The number of rotatable bonds is 6. The zero-order valence-electron chi connectivity index (χ0n) is 18.0. The molecule has 0 atom stereocenters. The van der Waals surface area contributed by atoms with Gasteiger partial charge in [0, 0.05) is 44.5 Å². The van der Waals surface area contributed by atoms with Crippen molar-refractivity contribution in [3.05, 3.63) is 54.3 Å². The largest absolute Gasteiger partial charge is 0.461 e. The average molecular weight is 469 g/mol. The second-order valence-corrected chi connectivity index (χ2v) is 9.80. The number of benzene rings is 1. The van der Waals surface area contributed by atoms with Gasteiger partial charge in [-0.2, -0.15) is 13.8 Å². The molecule has 1 aromatic carbocycles. The fraction of sp³-hybridized carbons (Fsp3) is 0.286. The highest BCUT2D eigenvalue weighted by atomic mass is 32.2. The average Bonchev–Trinajstić information content (AvgIpc) is 3.48. The molecule has 5 rings (SSSR count). The molecule has 172 valence electrons. The number of para-hydroxylation sites is 1. The molecule has 4 heterocycles. The third kappa shape index (κ3) is 4.34. The quantitative estimate of drug-likeness (QED) is 0.433. The standard InChI is InChI=1S/C21H24N8O3S/c1-33(30,31)28-10-8-27(9-11-28)16-6-3-2-5-15(16)14-23-18-13-19-25-20(17-7-4-12-32-17)26-29(19)21(22)24-18/h2-7,12-13,23H,8-11,14H2,1H3,(H2,22,24). The molecule has 1 saturated heterocycles. The first-order valence-electron chi connectivity index (χ1n) is 10.5. The molecule has 33 heavy (non-hydrogen) atoms. The first-order valence-corrected chi connectivity index (χ1v) is 12.3. The summed E-state index contributed by atoms with van der Waals surface area (Å²) in [6.07, 6.45) is 2.82. The zero-order chi connectivity index (χ0) is 23.0. The van der Waals surface area contributed by atoms with Gasteiger partial charge in [-0.15, -0.1) is 5.10 Å². The molecule has 0 amide bonds. The monoisotopic (exact) mass is 468 g/mol. The number of hydrogen-bond acceptors (Lipinski definition) is 9. The molecular formula is C21H24N8O3S. The molecule has 3 N–H and O–H groups in total. The Bertz CT molecular complexity index is 1380. The van der Waals surface area contributed by atoms with E-state index in [1.54, 1.807) is 24.5 Å². The van der Waals surface area contributed by atoms with Gasteiger partial charge in [0.1, 0.15) is 5.82 Å². The predicted octanol–water partition coefficient (Wildman–Crippen LogP) is 1.66. The van der Waals surface area contributed by atoms with Gasteiger partial charge in [0.05, 0.1) is 12.5 Å². The second-order valence-electron chi connectivity index (χ2n) is 7.81. The molecule has 1 aliphatic heterocycles. The molecule has 11 nitrogen and oxygen atoms in total. The smallest absolute Gasteiger partial charge is 0.225 e. The van der Waals surface area contributed by atoms with E-state index in [-0.39, 0.29) is 5.95 Å². The maximum absolute atomic E-state index is 11.8. The van der Waals surface area contributed by atoms with Crippen molar-refractivity contribution in [3.63, 3.8) is 0 Å². The number of hydrogen-bond donors (Lipinski definition) is 2. The van der Waals surface area contributed by atoms with E-state index in [1.807, 2.05) is 24.3 Å². The van der Waals surface area contributed by atoms with Crippen LogP contribution in [0.3, 0.4) is 0 Å². The van der Waals surface area contributed by atoms with Crippen molar-refractivity contribution in [2.45, 2.75) is 6.54 Å². The number of nitrogens with two attached hydrogens (primary N) is 1. The van der Waals surface area contributed by atoms with E-state index in [2.05, 4.69) is 25.3 Å². The summed E-state index contributed by atoms with van der Waals surface area (Å²) in [5, 5.41) is 7.68. The van der Waals surface area contributed by atoms with Gasteiger partial charge in [0.25, 0.3) is 0 Å². The highest BCUT2D eigenvalue weighted by molar-refractivity contribution is 7.88. The second kappa shape index (κ2) is 8.37. The molecule has 0 bridgehead atoms. The Labute approximate surface area is 190 Å². The Kier molecular flexibility index (Phi) is 5.38. The van der Waals surface area contributed by atoms with Crippen LogP contribution in [-0.2, 0) is 16.6 Å². The summed E-state index contributed by atoms with van der Waals surface area (Å²) >= 11 is 0. The maximum atomic E-state index is 11.8. The van der Waals surface area contributed by atoms with Crippen molar-refractivity contribution in [1.82, 2.24) is 23.9 Å². The van der Waals surface area contributed by atoms with Crippen LogP contribution in [-0.4, -0.2) is 64.7 Å². The van der Waals surface area contributed by atoms with Gasteiger partial charge in [0.2, 0.25) is 21.8 Å². The fourth-order valence-electron chi connectivity index (χ4n) is 3.93. The number of anilines is 3. The van der Waals surface area contributed by atoms with Gasteiger partial charge < -0.3 is 20.4 Å². The van der Waals surface area contributed by atoms with Gasteiger partial charge in [-0.1, -0.05) is 18.2 Å². The third-order valence-corrected chi connectivity index (χ3v) is 6.89. The highest BCUT2D eigenvalue weighted by Crippen LogP contribution is 2.24. The van der Waals surface area contributed by atoms with Crippen LogP contribution in [0.4, 0.5) is 17.5 Å². The van der Waals surface area contributed by atoms with E-state index in [9.17, 15) is 8.42 Å². The molecule has 0 aliphatic carbocycles. The molecule has 0 radical (unpaired) electrons. The number of fused-ring (bicyclic) bond motifs is 1. The van der Waals surface area contributed by atoms with Crippen molar-refractivity contribution in [2.75, 3.05) is 48.4 Å². The molecule has 0 saturated carbocycles. The van der Waals surface area contributed by atoms with E-state index < -0.39 is 10.0 Å². The Morgan fingerprint density at radius 2 is 1.88 bits per heavy atom. The summed E-state index contributed by atoms with van der Waals surface area (Å²) in [4.78, 5) is 11.1. The van der Waals surface area contributed by atoms with Gasteiger partial charge in [0.15, 0.2) is 11.4 Å². The number of nitrogen functional groups attached to an aromatic ring is 1. The lowest BCUT2D eigenvalue weighted by Gasteiger charge is -2.35. The Morgan fingerprint density at radius 3 is 2.61 bits per heavy atom. The Balaban J connectivity index is 1.33. The highest BCUT2D eigenvalue weighted by Gasteiger charge is 2.24. The minimum absolute atomic E-state index is 0.213. The van der Waals surface area contributed by atoms with Crippen LogP contribution in [0.25, 0.3) is 17.2 Å². The molecule has 3 aromatic heterocycles. The lowest BCUT2D eigenvalue weighted by Crippen LogP contribution is -2.48. The summed E-state index contributed by atoms with van der Waals surface area (Å²) in [6.45, 7) is 2.73. The Hall–Kier alpha value is -3.64. The van der Waals surface area contributed by atoms with Crippen molar-refractivity contribution in [2.24, 2.45) is 0 Å². The summed E-state index contributed by atoms with van der Waals surface area (Å²) in [5.74, 6) is 1.78. The number of piperazine rings is 1. The van der Waals surface area contributed by atoms with Crippen molar-refractivity contribution in [3.8, 4) is 11.6 Å². The number of aromatic nitrogens is 4. The molecule has 0 unspecified atom stereocenters. The lowest BCUT2D eigenvalue weighted by molar-refractivity contribution is 0.388. The van der Waals surface area contributed by atoms with E-state index in [0.29, 0.717) is 55.8 Å². The van der Waals surface area contributed by atoms with Crippen LogP contribution in [0.5, 0.6) is 0 Å². The minimum Gasteiger partial charge on any atom is -0.461 e. The summed E-state index contributed by atoms with van der Waals surface area (Å²) in [7, 11) is -3.17. The van der Waals surface area contributed by atoms with Crippen LogP contribution in [0.15, 0.2) is 53.1 Å². The van der Waals surface area contributed by atoms with Gasteiger partial charge in [-0.3, -0.25) is 0 Å². The maximum Gasteiger partial charge on any atom is 0.225 e. The van der Waals surface area contributed by atoms with E-state index in [0.717, 1.165) is 11.3 Å². The first-order chi connectivity index (χ1) is 15.9. The molecule has 1 aliphatic rings. The Morgan fingerprint density at radius 1 is 1.09 bits per heavy atom. The van der Waals surface area contributed by atoms with Crippen LogP contribution in [0.2, 0.25) is 0 Å². The topological polar surface area (TPSA) is 135 Å². The van der Waals surface area contributed by atoms with Crippen LogP contribution in [0.1, 0.15) is 5.56 Å². The van der Waals surface area contributed by atoms with Crippen LogP contribution < -0.4 is 16.0 Å². The number of furan rings is 1. The lowest BCUT2D eigenvalue weighted by atomic mass is 10.1. The number of nitrogens with one attached hydrogen (secondary N) is 1. The van der Waals surface area contributed by atoms with Gasteiger partial charge in [-0.25, -0.2) is 13.4 Å². The normalized spacial score (nSPS) is 15.2. The molecule has 4 aromatic rings. The summed E-state index contributed by atoms with van der Waals surface area (Å²) in [5.41, 5.74) is 8.80. The molecule has 1 fully saturated rings. The van der Waals surface area contributed by atoms with E-state index >= 15 is 0 Å². The zero-order valence-corrected chi connectivity index (χ0v) is 18.9. The van der Waals surface area contributed by atoms with E-state index in [4.69, 9.17) is 10.2 Å². The minimum atomic E-state index is -3.17. The van der Waals surface area contributed by atoms with E-state index in [1.165, 1.54) is 15.1 Å². The SMILES string of the molecule is CS(=O)(=O)N1CCN(c2ccccc2CNc2cc3nc(-c4ccco4)nn3c(N)n2)CC1. The molecular weight excluding hydrogens is 444 g/mol. The van der Waals surface area contributed by atoms with Gasteiger partial charge in [-0.05, 0) is 23.8 Å². The van der Waals surface area contributed by atoms with Crippen molar-refractivity contribution >= 4 is 33.1 Å². The summed E-state index contributed by atoms with van der Waals surface area (Å²) in [6, 6.07) is 13.4. The molecule has 12 heteroatoms. The van der Waals surface area contributed by atoms with Gasteiger partial charge >= 0.3 is 0 Å². The first kappa shape index (κ1) is 21.2. The number of sulfonamides is 1. The van der Waals surface area contributed by atoms with Crippen molar-refractivity contribution in [1.29, 1.82) is 0 Å². The van der Waals surface area contributed by atoms with Crippen molar-refractivity contribution < 1.29 is 12.8 Å². The third-order valence-electron chi connectivity index (χ3n) is 5.59. The van der Waals surface area contributed by atoms with Crippen LogP contribution in [0, 0.1) is 0 Å². The number of nitrogens with zero attached hydrogens (tertiary/aromatic N) is 6. The molecule has 0 spiro atoms. The summed E-state index contributed by atoms with van der Waals surface area (Å²) < 4.78 is 32.0. The fourth-order valence-corrected chi connectivity index (χ4v) is 4.75. The predicted molar refractivity (Wildman–Crippen MR) is 125 cm³/mol.